The number of rotatable bonds is 6. The van der Waals surface area contributed by atoms with Gasteiger partial charge < -0.3 is 4.74 Å². The first kappa shape index (κ1) is 26.3. The van der Waals surface area contributed by atoms with Crippen LogP contribution in [0.3, 0.4) is 0 Å². The highest BCUT2D eigenvalue weighted by molar-refractivity contribution is 9.10. The van der Waals surface area contributed by atoms with Crippen LogP contribution < -0.4 is 9.04 Å². The first-order valence-electron chi connectivity index (χ1n) is 10.6. The number of anilines is 1. The SMILES string of the molecule is Cc1ccc(C)c(N(C(=O)COc2ccc(Br)cc2C(C)(C)C)S(=O)(=O)c2ccc(Cl)cc2)c1. The van der Waals surface area contributed by atoms with Gasteiger partial charge in [0.2, 0.25) is 0 Å². The predicted octanol–water partition coefficient (Wildman–Crippen LogP) is 6.82. The number of benzene rings is 3. The molecule has 0 heterocycles. The molecule has 0 saturated carbocycles. The van der Waals surface area contributed by atoms with Gasteiger partial charge in [-0.05, 0) is 78.9 Å². The summed E-state index contributed by atoms with van der Waals surface area (Å²) in [6.45, 7) is 9.27. The number of carbonyl (C=O) groups excluding carboxylic acids is 1. The summed E-state index contributed by atoms with van der Waals surface area (Å²) in [4.78, 5) is 13.4. The van der Waals surface area contributed by atoms with Gasteiger partial charge in [-0.25, -0.2) is 8.42 Å². The van der Waals surface area contributed by atoms with E-state index in [9.17, 15) is 13.2 Å². The van der Waals surface area contributed by atoms with Crippen molar-refractivity contribution in [3.8, 4) is 5.75 Å². The lowest BCUT2D eigenvalue weighted by molar-refractivity contribution is -0.119. The third-order valence-corrected chi connectivity index (χ3v) is 7.76. The van der Waals surface area contributed by atoms with Crippen LogP contribution in [-0.2, 0) is 20.2 Å². The van der Waals surface area contributed by atoms with E-state index in [-0.39, 0.29) is 16.0 Å². The summed E-state index contributed by atoms with van der Waals surface area (Å²) in [6, 6.07) is 16.6. The lowest BCUT2D eigenvalue weighted by Crippen LogP contribution is -2.40. The average Bonchev–Trinajstić information content (AvgIpc) is 2.75. The van der Waals surface area contributed by atoms with Gasteiger partial charge in [-0.3, -0.25) is 4.79 Å². The standard InChI is InChI=1S/C26H27BrClNO4S/c1-17-6-7-18(2)23(14-17)29(34(31,32)21-11-9-20(28)10-12-21)25(30)16-33-24-13-8-19(27)15-22(24)26(3,4)5/h6-15H,16H2,1-5H3. The van der Waals surface area contributed by atoms with E-state index < -0.39 is 22.5 Å². The highest BCUT2D eigenvalue weighted by Gasteiger charge is 2.33. The summed E-state index contributed by atoms with van der Waals surface area (Å²) in [5.41, 5.74) is 2.41. The third-order valence-electron chi connectivity index (χ3n) is 5.26. The molecule has 0 saturated heterocycles. The molecule has 0 fully saturated rings. The van der Waals surface area contributed by atoms with Crippen LogP contribution in [0.15, 0.2) is 70.0 Å². The van der Waals surface area contributed by atoms with E-state index in [2.05, 4.69) is 15.9 Å². The van der Waals surface area contributed by atoms with Gasteiger partial charge in [0, 0.05) is 15.1 Å². The second-order valence-electron chi connectivity index (χ2n) is 9.09. The molecule has 0 spiro atoms. The van der Waals surface area contributed by atoms with E-state index in [4.69, 9.17) is 16.3 Å². The fraction of sp³-hybridized carbons (Fsp3) is 0.269. The van der Waals surface area contributed by atoms with Crippen molar-refractivity contribution >= 4 is 49.1 Å². The molecule has 0 atom stereocenters. The second-order valence-corrected chi connectivity index (χ2v) is 12.2. The fourth-order valence-corrected chi connectivity index (χ4v) is 5.41. The maximum Gasteiger partial charge on any atom is 0.278 e. The number of amides is 1. The van der Waals surface area contributed by atoms with E-state index in [1.54, 1.807) is 25.1 Å². The van der Waals surface area contributed by atoms with Crippen molar-refractivity contribution < 1.29 is 17.9 Å². The fourth-order valence-electron chi connectivity index (χ4n) is 3.46. The predicted molar refractivity (Wildman–Crippen MR) is 140 cm³/mol. The van der Waals surface area contributed by atoms with Crippen LogP contribution in [0.1, 0.15) is 37.5 Å². The number of sulfonamides is 1. The van der Waals surface area contributed by atoms with Gasteiger partial charge >= 0.3 is 0 Å². The lowest BCUT2D eigenvalue weighted by atomic mass is 9.86. The van der Waals surface area contributed by atoms with E-state index in [1.165, 1.54) is 24.3 Å². The first-order chi connectivity index (χ1) is 15.8. The molecule has 0 N–H and O–H groups in total. The number of aryl methyl sites for hydroxylation is 2. The van der Waals surface area contributed by atoms with Crippen molar-refractivity contribution in [3.63, 3.8) is 0 Å². The van der Waals surface area contributed by atoms with Crippen LogP contribution in [0, 0.1) is 13.8 Å². The molecular formula is C26H27BrClNO4S. The van der Waals surface area contributed by atoms with Crippen molar-refractivity contribution in [2.75, 3.05) is 10.9 Å². The van der Waals surface area contributed by atoms with E-state index in [0.29, 0.717) is 16.3 Å². The van der Waals surface area contributed by atoms with Gasteiger partial charge in [-0.1, -0.05) is 60.4 Å². The van der Waals surface area contributed by atoms with Crippen LogP contribution in [-0.4, -0.2) is 20.9 Å². The number of hydrogen-bond acceptors (Lipinski definition) is 4. The molecular weight excluding hydrogens is 538 g/mol. The molecule has 1 amide bonds. The van der Waals surface area contributed by atoms with E-state index in [1.807, 2.05) is 45.9 Å². The summed E-state index contributed by atoms with van der Waals surface area (Å²) >= 11 is 9.42. The average molecular weight is 565 g/mol. The Morgan fingerprint density at radius 1 is 1.00 bits per heavy atom. The molecule has 3 aromatic rings. The molecule has 0 radical (unpaired) electrons. The summed E-state index contributed by atoms with van der Waals surface area (Å²) in [6.07, 6.45) is 0. The second kappa shape index (κ2) is 10.1. The summed E-state index contributed by atoms with van der Waals surface area (Å²) in [7, 11) is -4.22. The molecule has 34 heavy (non-hydrogen) atoms. The number of halogens is 2. The minimum Gasteiger partial charge on any atom is -0.483 e. The third kappa shape index (κ3) is 5.82. The van der Waals surface area contributed by atoms with Gasteiger partial charge in [-0.2, -0.15) is 4.31 Å². The minimum atomic E-state index is -4.22. The molecule has 0 unspecified atom stereocenters. The Labute approximate surface area is 214 Å². The zero-order valence-corrected chi connectivity index (χ0v) is 22.9. The smallest absolute Gasteiger partial charge is 0.278 e. The Morgan fingerprint density at radius 2 is 1.65 bits per heavy atom. The number of nitrogens with zero attached hydrogens (tertiary/aromatic N) is 1. The van der Waals surface area contributed by atoms with E-state index >= 15 is 0 Å². The Morgan fingerprint density at radius 3 is 2.26 bits per heavy atom. The van der Waals surface area contributed by atoms with Gasteiger partial charge in [0.25, 0.3) is 15.9 Å². The van der Waals surface area contributed by atoms with Crippen molar-refractivity contribution in [2.24, 2.45) is 0 Å². The Balaban J connectivity index is 2.04. The van der Waals surface area contributed by atoms with Crippen molar-refractivity contribution in [1.82, 2.24) is 0 Å². The molecule has 5 nitrogen and oxygen atoms in total. The van der Waals surface area contributed by atoms with Gasteiger partial charge in [0.1, 0.15) is 5.75 Å². The molecule has 0 aliphatic carbocycles. The quantitative estimate of drug-likeness (QED) is 0.330. The van der Waals surface area contributed by atoms with Gasteiger partial charge in [0.15, 0.2) is 6.61 Å². The zero-order valence-electron chi connectivity index (χ0n) is 19.7. The van der Waals surface area contributed by atoms with Crippen LogP contribution in [0.25, 0.3) is 0 Å². The molecule has 0 bridgehead atoms. The van der Waals surface area contributed by atoms with Crippen molar-refractivity contribution in [1.29, 1.82) is 0 Å². The molecule has 3 aromatic carbocycles. The molecule has 0 aromatic heterocycles. The normalized spacial score (nSPS) is 11.9. The first-order valence-corrected chi connectivity index (χ1v) is 13.3. The lowest BCUT2D eigenvalue weighted by Gasteiger charge is -2.26. The molecule has 8 heteroatoms. The molecule has 180 valence electrons. The highest BCUT2D eigenvalue weighted by Crippen LogP contribution is 2.34. The van der Waals surface area contributed by atoms with Crippen LogP contribution in [0.4, 0.5) is 5.69 Å². The Kier molecular flexibility index (Phi) is 7.80. The van der Waals surface area contributed by atoms with Gasteiger partial charge in [0.05, 0.1) is 10.6 Å². The highest BCUT2D eigenvalue weighted by atomic mass is 79.9. The summed E-state index contributed by atoms with van der Waals surface area (Å²) in [5.74, 6) is -0.180. The Bertz CT molecular complexity index is 1320. The largest absolute Gasteiger partial charge is 0.483 e. The minimum absolute atomic E-state index is 0.0369. The number of carbonyl (C=O) groups is 1. The van der Waals surface area contributed by atoms with Crippen molar-refractivity contribution in [2.45, 2.75) is 44.9 Å². The molecule has 3 rings (SSSR count). The summed E-state index contributed by atoms with van der Waals surface area (Å²) < 4.78 is 34.9. The van der Waals surface area contributed by atoms with Gasteiger partial charge in [-0.15, -0.1) is 0 Å². The van der Waals surface area contributed by atoms with Crippen molar-refractivity contribution in [3.05, 3.63) is 86.8 Å². The van der Waals surface area contributed by atoms with Crippen LogP contribution >= 0.6 is 27.5 Å². The summed E-state index contributed by atoms with van der Waals surface area (Å²) in [5, 5.41) is 0.400. The maximum absolute atomic E-state index is 13.6. The maximum atomic E-state index is 13.6. The Hall–Kier alpha value is -2.35. The van der Waals surface area contributed by atoms with Crippen LogP contribution in [0.5, 0.6) is 5.75 Å². The van der Waals surface area contributed by atoms with Crippen LogP contribution in [0.2, 0.25) is 5.02 Å². The zero-order chi connectivity index (χ0) is 25.3. The molecule has 0 aliphatic heterocycles. The molecule has 0 aliphatic rings. The topological polar surface area (TPSA) is 63.7 Å². The number of hydrogen-bond donors (Lipinski definition) is 0. The van der Waals surface area contributed by atoms with E-state index in [0.717, 1.165) is 19.9 Å². The number of ether oxygens (including phenoxy) is 1. The monoisotopic (exact) mass is 563 g/mol.